The van der Waals surface area contributed by atoms with E-state index in [1.165, 1.54) is 0 Å². The number of carbonyl (C=O) groups is 2. The van der Waals surface area contributed by atoms with Crippen LogP contribution in [0.5, 0.6) is 0 Å². The third-order valence-corrected chi connectivity index (χ3v) is 4.90. The topological polar surface area (TPSA) is 83.9 Å². The van der Waals surface area contributed by atoms with Crippen molar-refractivity contribution in [2.75, 3.05) is 4.90 Å². The molecule has 7 nitrogen and oxygen atoms in total. The molecule has 3 aromatic heterocycles. The molecule has 1 aromatic carbocycles. The number of amides is 2. The fourth-order valence-electron chi connectivity index (χ4n) is 3.15. The predicted molar refractivity (Wildman–Crippen MR) is 98.5 cm³/mol. The molecule has 1 aliphatic heterocycles. The highest BCUT2D eigenvalue weighted by atomic mass is 79.9. The van der Waals surface area contributed by atoms with Crippen molar-refractivity contribution < 1.29 is 9.59 Å². The number of aromatic amines is 1. The Morgan fingerprint density at radius 2 is 1.73 bits per heavy atom. The van der Waals surface area contributed by atoms with Gasteiger partial charge in [-0.2, -0.15) is 0 Å². The Hall–Kier alpha value is -3.26. The Balaban J connectivity index is 1.64. The smallest absolute Gasteiger partial charge is 0.267 e. The molecule has 8 heteroatoms. The number of anilines is 1. The molecule has 4 aromatic rings. The third-order valence-electron chi connectivity index (χ3n) is 4.34. The molecule has 1 N–H and O–H groups in total. The van der Waals surface area contributed by atoms with Crippen LogP contribution in [0.3, 0.4) is 0 Å². The second-order valence-electron chi connectivity index (χ2n) is 5.81. The molecule has 0 radical (unpaired) electrons. The summed E-state index contributed by atoms with van der Waals surface area (Å²) in [5, 5.41) is 5.37. The Morgan fingerprint density at radius 3 is 2.46 bits per heavy atom. The zero-order valence-electron chi connectivity index (χ0n) is 13.2. The fourth-order valence-corrected chi connectivity index (χ4v) is 3.60. The molecule has 0 unspecified atom stereocenters. The van der Waals surface area contributed by atoms with Crippen LogP contribution in [0.15, 0.2) is 59.5 Å². The van der Waals surface area contributed by atoms with Gasteiger partial charge in [0, 0.05) is 24.0 Å². The lowest BCUT2D eigenvalue weighted by Crippen LogP contribution is -2.30. The number of nitrogens with zero attached hydrogens (tertiary/aromatic N) is 4. The summed E-state index contributed by atoms with van der Waals surface area (Å²) in [4.78, 5) is 33.8. The maximum Gasteiger partial charge on any atom is 0.267 e. The van der Waals surface area contributed by atoms with E-state index in [9.17, 15) is 9.59 Å². The number of H-pyrrole nitrogens is 1. The monoisotopic (exact) mass is 407 g/mol. The van der Waals surface area contributed by atoms with Gasteiger partial charge in [-0.15, -0.1) is 5.10 Å². The summed E-state index contributed by atoms with van der Waals surface area (Å²) in [6.45, 7) is 0. The number of pyridine rings is 1. The van der Waals surface area contributed by atoms with Crippen molar-refractivity contribution in [3.8, 4) is 5.69 Å². The van der Waals surface area contributed by atoms with Crippen LogP contribution >= 0.6 is 15.9 Å². The zero-order valence-corrected chi connectivity index (χ0v) is 14.8. The number of carbonyl (C=O) groups excluding carboxylic acids is 2. The Morgan fingerprint density at radius 1 is 1.00 bits per heavy atom. The van der Waals surface area contributed by atoms with Crippen molar-refractivity contribution in [3.63, 3.8) is 0 Å². The van der Waals surface area contributed by atoms with E-state index in [0.29, 0.717) is 15.6 Å². The van der Waals surface area contributed by atoms with Crippen LogP contribution in [0.2, 0.25) is 0 Å². The van der Waals surface area contributed by atoms with Gasteiger partial charge >= 0.3 is 0 Å². The third kappa shape index (κ3) is 1.99. The molecule has 0 saturated heterocycles. The molecule has 5 rings (SSSR count). The second-order valence-corrected chi connectivity index (χ2v) is 6.66. The van der Waals surface area contributed by atoms with Gasteiger partial charge in [-0.05, 0) is 40.2 Å². The van der Waals surface area contributed by atoms with Crippen molar-refractivity contribution >= 4 is 44.6 Å². The normalized spacial score (nSPS) is 13.7. The summed E-state index contributed by atoms with van der Waals surface area (Å²) in [7, 11) is 0. The van der Waals surface area contributed by atoms with E-state index in [2.05, 4.69) is 31.0 Å². The van der Waals surface area contributed by atoms with Gasteiger partial charge in [0.2, 0.25) is 0 Å². The minimum absolute atomic E-state index is 0.261. The number of hydrogen-bond donors (Lipinski definition) is 1. The van der Waals surface area contributed by atoms with Gasteiger partial charge in [-0.1, -0.05) is 12.1 Å². The van der Waals surface area contributed by atoms with Gasteiger partial charge < -0.3 is 4.98 Å². The highest BCUT2D eigenvalue weighted by Gasteiger charge is 2.38. The number of fused-ring (bicyclic) bond motifs is 2. The standard InChI is InChI=1S/C18H10BrN5O2/c19-13-9-23(14-6-8-21-15-12(14)5-7-20-15)22-16(13)24-17(25)10-3-1-2-4-11(10)18(24)26/h1-9H,(H,20,21). The lowest BCUT2D eigenvalue weighted by Gasteiger charge is -2.10. The molecule has 4 heterocycles. The fraction of sp³-hybridized carbons (Fsp3) is 0. The predicted octanol–water partition coefficient (Wildman–Crippen LogP) is 3.31. The molecule has 0 aliphatic carbocycles. The Bertz CT molecular complexity index is 1170. The first-order valence-corrected chi connectivity index (χ1v) is 8.60. The summed E-state index contributed by atoms with van der Waals surface area (Å²) >= 11 is 3.43. The van der Waals surface area contributed by atoms with Crippen LogP contribution in [0.1, 0.15) is 20.7 Å². The molecule has 0 atom stereocenters. The average Bonchev–Trinajstić information content (AvgIpc) is 3.33. The van der Waals surface area contributed by atoms with Gasteiger partial charge in [-0.25, -0.2) is 14.6 Å². The van der Waals surface area contributed by atoms with Crippen LogP contribution in [0, 0.1) is 0 Å². The zero-order chi connectivity index (χ0) is 17.8. The Kier molecular flexibility index (Phi) is 3.10. The molecule has 0 spiro atoms. The van der Waals surface area contributed by atoms with E-state index in [1.54, 1.807) is 47.5 Å². The van der Waals surface area contributed by atoms with Crippen molar-refractivity contribution in [1.29, 1.82) is 0 Å². The second kappa shape index (κ2) is 5.37. The van der Waals surface area contributed by atoms with Crippen LogP contribution in [-0.4, -0.2) is 31.6 Å². The Labute approximate surface area is 155 Å². The number of nitrogens with one attached hydrogen (secondary N) is 1. The molecule has 126 valence electrons. The van der Waals surface area contributed by atoms with E-state index in [1.807, 2.05) is 12.1 Å². The van der Waals surface area contributed by atoms with Crippen molar-refractivity contribution in [2.45, 2.75) is 0 Å². The highest BCUT2D eigenvalue weighted by molar-refractivity contribution is 9.10. The maximum absolute atomic E-state index is 12.7. The number of aromatic nitrogens is 4. The van der Waals surface area contributed by atoms with Gasteiger partial charge in [0.1, 0.15) is 5.65 Å². The number of benzene rings is 1. The SMILES string of the molecule is O=C1c2ccccc2C(=O)N1c1nn(-c2ccnc3[nH]ccc23)cc1Br. The van der Waals surface area contributed by atoms with Gasteiger partial charge in [0.05, 0.1) is 21.3 Å². The first-order valence-electron chi connectivity index (χ1n) is 7.80. The highest BCUT2D eigenvalue weighted by Crippen LogP contribution is 2.33. The average molecular weight is 408 g/mol. The van der Waals surface area contributed by atoms with Crippen molar-refractivity contribution in [1.82, 2.24) is 19.7 Å². The molecule has 26 heavy (non-hydrogen) atoms. The van der Waals surface area contributed by atoms with E-state index >= 15 is 0 Å². The molecule has 0 bridgehead atoms. The van der Waals surface area contributed by atoms with Gasteiger partial charge in [-0.3, -0.25) is 9.59 Å². The van der Waals surface area contributed by atoms with Gasteiger partial charge in [0.15, 0.2) is 5.82 Å². The largest absolute Gasteiger partial charge is 0.346 e. The van der Waals surface area contributed by atoms with E-state index < -0.39 is 0 Å². The lowest BCUT2D eigenvalue weighted by molar-refractivity contribution is 0.0924. The number of imide groups is 1. The number of rotatable bonds is 2. The first kappa shape index (κ1) is 15.0. The number of hydrogen-bond acceptors (Lipinski definition) is 4. The molecular weight excluding hydrogens is 398 g/mol. The van der Waals surface area contributed by atoms with Crippen LogP contribution in [-0.2, 0) is 0 Å². The molecule has 0 fully saturated rings. The summed E-state index contributed by atoms with van der Waals surface area (Å²) in [5.41, 5.74) is 2.29. The summed E-state index contributed by atoms with van der Waals surface area (Å²) in [6.07, 6.45) is 5.19. The van der Waals surface area contributed by atoms with E-state index in [4.69, 9.17) is 0 Å². The molecule has 1 aliphatic rings. The minimum atomic E-state index is -0.377. The van der Waals surface area contributed by atoms with E-state index in [-0.39, 0.29) is 17.6 Å². The number of halogens is 1. The first-order chi connectivity index (χ1) is 12.6. The van der Waals surface area contributed by atoms with Crippen LogP contribution in [0.25, 0.3) is 16.7 Å². The van der Waals surface area contributed by atoms with Crippen LogP contribution < -0.4 is 4.90 Å². The summed E-state index contributed by atoms with van der Waals surface area (Å²) in [6, 6.07) is 10.5. The van der Waals surface area contributed by atoms with Crippen molar-refractivity contribution in [3.05, 3.63) is 70.6 Å². The molecule has 0 saturated carbocycles. The summed E-state index contributed by atoms with van der Waals surface area (Å²) in [5.74, 6) is -0.493. The molecular formula is C18H10BrN5O2. The minimum Gasteiger partial charge on any atom is -0.346 e. The summed E-state index contributed by atoms with van der Waals surface area (Å²) < 4.78 is 2.17. The van der Waals surface area contributed by atoms with E-state index in [0.717, 1.165) is 21.6 Å². The maximum atomic E-state index is 12.7. The quantitative estimate of drug-likeness (QED) is 0.516. The molecule has 2 amide bonds. The van der Waals surface area contributed by atoms with Crippen LogP contribution in [0.4, 0.5) is 5.82 Å². The van der Waals surface area contributed by atoms with Crippen molar-refractivity contribution in [2.24, 2.45) is 0 Å². The lowest BCUT2D eigenvalue weighted by atomic mass is 10.1. The van der Waals surface area contributed by atoms with Gasteiger partial charge in [0.25, 0.3) is 11.8 Å².